The third-order valence-corrected chi connectivity index (χ3v) is 3.46. The van der Waals surface area contributed by atoms with E-state index in [-0.39, 0.29) is 0 Å². The molecule has 0 aromatic heterocycles. The van der Waals surface area contributed by atoms with E-state index in [9.17, 15) is 5.02 Å². The largest absolute Gasteiger partial charge is 0.471 e. The van der Waals surface area contributed by atoms with Crippen LogP contribution in [0, 0.1) is 0 Å². The number of hydrazone groups is 1. The number of rotatable bonds is 1. The summed E-state index contributed by atoms with van der Waals surface area (Å²) in [5.41, 5.74) is 3.55. The summed E-state index contributed by atoms with van der Waals surface area (Å²) in [4.78, 5) is 1.61. The van der Waals surface area contributed by atoms with Crippen molar-refractivity contribution in [2.75, 3.05) is 4.92 Å². The molecule has 1 heterocycles. The van der Waals surface area contributed by atoms with Gasteiger partial charge in [-0.2, -0.15) is 5.10 Å². The maximum atomic E-state index is 10.4. The highest BCUT2D eigenvalue weighted by atomic mass is 35.5. The molecule has 5 heteroatoms. The molecule has 94 valence electrons. The van der Waals surface area contributed by atoms with Crippen LogP contribution in [0.1, 0.15) is 12.5 Å². The zero-order valence-electron chi connectivity index (χ0n) is 10.4. The SMILES string of the molecule is CC1=NN(c2ccc(Cl)cc2)B(O)c2ccccc21. The average Bonchev–Trinajstić information content (AvgIpc) is 2.44. The van der Waals surface area contributed by atoms with Gasteiger partial charge in [0.25, 0.3) is 0 Å². The van der Waals surface area contributed by atoms with Crippen LogP contribution in [0.25, 0.3) is 0 Å². The number of hydrogen-bond acceptors (Lipinski definition) is 3. The van der Waals surface area contributed by atoms with Crippen molar-refractivity contribution in [2.45, 2.75) is 6.92 Å². The molecule has 0 saturated heterocycles. The van der Waals surface area contributed by atoms with Crippen LogP contribution in [0.3, 0.4) is 0 Å². The molecule has 0 radical (unpaired) electrons. The molecular weight excluding hydrogens is 258 g/mol. The van der Waals surface area contributed by atoms with Gasteiger partial charge in [-0.1, -0.05) is 35.9 Å². The molecule has 0 atom stereocenters. The minimum Gasteiger partial charge on any atom is -0.427 e. The zero-order valence-corrected chi connectivity index (χ0v) is 11.2. The van der Waals surface area contributed by atoms with Crippen molar-refractivity contribution in [1.29, 1.82) is 0 Å². The first-order valence-corrected chi connectivity index (χ1v) is 6.42. The van der Waals surface area contributed by atoms with Gasteiger partial charge in [-0.15, -0.1) is 0 Å². The Kier molecular flexibility index (Phi) is 3.05. The summed E-state index contributed by atoms with van der Waals surface area (Å²) < 4.78 is 0. The van der Waals surface area contributed by atoms with Crippen LogP contribution < -0.4 is 10.4 Å². The van der Waals surface area contributed by atoms with Crippen LogP contribution >= 0.6 is 11.6 Å². The first kappa shape index (κ1) is 12.3. The van der Waals surface area contributed by atoms with Crippen molar-refractivity contribution in [3.8, 4) is 0 Å². The lowest BCUT2D eigenvalue weighted by molar-refractivity contribution is 0.578. The van der Waals surface area contributed by atoms with E-state index in [2.05, 4.69) is 5.10 Å². The topological polar surface area (TPSA) is 35.8 Å². The lowest BCUT2D eigenvalue weighted by Crippen LogP contribution is -2.51. The Labute approximate surface area is 117 Å². The van der Waals surface area contributed by atoms with Gasteiger partial charge in [0.15, 0.2) is 0 Å². The standard InChI is InChI=1S/C14H12BClN2O/c1-10-13-4-2-3-5-14(13)15(19)18(17-10)12-8-6-11(16)7-9-12/h2-9,19H,1H3. The summed E-state index contributed by atoms with van der Waals surface area (Å²) in [6, 6.07) is 15.0. The summed E-state index contributed by atoms with van der Waals surface area (Å²) >= 11 is 5.88. The molecule has 0 bridgehead atoms. The van der Waals surface area contributed by atoms with E-state index in [4.69, 9.17) is 11.6 Å². The van der Waals surface area contributed by atoms with Crippen LogP contribution in [0.4, 0.5) is 5.69 Å². The summed E-state index contributed by atoms with van der Waals surface area (Å²) in [7, 11) is -0.777. The van der Waals surface area contributed by atoms with Crippen molar-refractivity contribution < 1.29 is 5.02 Å². The van der Waals surface area contributed by atoms with E-state index < -0.39 is 7.05 Å². The Bertz CT molecular complexity index is 642. The minimum absolute atomic E-state index is 0.663. The first-order valence-electron chi connectivity index (χ1n) is 6.04. The molecule has 0 amide bonds. The maximum absolute atomic E-state index is 10.4. The van der Waals surface area contributed by atoms with Gasteiger partial charge >= 0.3 is 7.05 Å². The number of hydrogen-bond donors (Lipinski definition) is 1. The predicted octanol–water partition coefficient (Wildman–Crippen LogP) is 2.27. The Morgan fingerprint density at radius 1 is 1.11 bits per heavy atom. The molecule has 19 heavy (non-hydrogen) atoms. The first-order chi connectivity index (χ1) is 9.16. The Morgan fingerprint density at radius 3 is 2.53 bits per heavy atom. The fraction of sp³-hybridized carbons (Fsp3) is 0.0714. The molecule has 0 saturated carbocycles. The van der Waals surface area contributed by atoms with Gasteiger partial charge in [0.2, 0.25) is 0 Å². The van der Waals surface area contributed by atoms with Gasteiger partial charge < -0.3 is 5.02 Å². The molecule has 1 aliphatic rings. The molecule has 0 unspecified atom stereocenters. The van der Waals surface area contributed by atoms with Crippen molar-refractivity contribution in [3.63, 3.8) is 0 Å². The van der Waals surface area contributed by atoms with Crippen LogP contribution in [-0.2, 0) is 0 Å². The van der Waals surface area contributed by atoms with Crippen LogP contribution in [0.15, 0.2) is 53.6 Å². The molecule has 3 nitrogen and oxygen atoms in total. The van der Waals surface area contributed by atoms with Gasteiger partial charge in [-0.05, 0) is 42.2 Å². The number of halogens is 1. The predicted molar refractivity (Wildman–Crippen MR) is 80.2 cm³/mol. The zero-order chi connectivity index (χ0) is 13.4. The van der Waals surface area contributed by atoms with E-state index in [1.54, 1.807) is 17.1 Å². The number of nitrogens with zero attached hydrogens (tertiary/aromatic N) is 2. The molecule has 0 aliphatic carbocycles. The van der Waals surface area contributed by atoms with Crippen molar-refractivity contribution in [1.82, 2.24) is 0 Å². The van der Waals surface area contributed by atoms with Crippen molar-refractivity contribution >= 4 is 35.5 Å². The van der Waals surface area contributed by atoms with Gasteiger partial charge in [0, 0.05) is 10.7 Å². The third kappa shape index (κ3) is 2.13. The molecule has 1 aliphatic heterocycles. The Hall–Kier alpha value is -1.78. The fourth-order valence-corrected chi connectivity index (χ4v) is 2.37. The van der Waals surface area contributed by atoms with Crippen LogP contribution in [0.5, 0.6) is 0 Å². The van der Waals surface area contributed by atoms with Crippen molar-refractivity contribution in [2.24, 2.45) is 5.10 Å². The molecule has 2 aromatic carbocycles. The third-order valence-electron chi connectivity index (χ3n) is 3.21. The fourth-order valence-electron chi connectivity index (χ4n) is 2.25. The highest BCUT2D eigenvalue weighted by molar-refractivity contribution is 6.72. The highest BCUT2D eigenvalue weighted by Gasteiger charge is 2.31. The van der Waals surface area contributed by atoms with E-state index in [1.807, 2.05) is 43.3 Å². The van der Waals surface area contributed by atoms with E-state index in [0.29, 0.717) is 5.02 Å². The minimum atomic E-state index is -0.777. The monoisotopic (exact) mass is 270 g/mol. The highest BCUT2D eigenvalue weighted by Crippen LogP contribution is 2.22. The molecule has 2 aromatic rings. The van der Waals surface area contributed by atoms with Crippen LogP contribution in [0.2, 0.25) is 5.02 Å². The lowest BCUT2D eigenvalue weighted by Gasteiger charge is -2.28. The summed E-state index contributed by atoms with van der Waals surface area (Å²) in [5.74, 6) is 0. The van der Waals surface area contributed by atoms with E-state index >= 15 is 0 Å². The number of fused-ring (bicyclic) bond motifs is 1. The quantitative estimate of drug-likeness (QED) is 0.807. The average molecular weight is 271 g/mol. The number of benzene rings is 2. The lowest BCUT2D eigenvalue weighted by atomic mass is 9.68. The molecule has 0 fully saturated rings. The molecule has 3 rings (SSSR count). The maximum Gasteiger partial charge on any atom is 0.471 e. The smallest absolute Gasteiger partial charge is 0.427 e. The van der Waals surface area contributed by atoms with Crippen molar-refractivity contribution in [3.05, 3.63) is 59.1 Å². The second-order valence-electron chi connectivity index (χ2n) is 4.47. The summed E-state index contributed by atoms with van der Waals surface area (Å²) in [6.45, 7) is 1.94. The van der Waals surface area contributed by atoms with E-state index in [1.165, 1.54) is 0 Å². The van der Waals surface area contributed by atoms with E-state index in [0.717, 1.165) is 22.4 Å². The van der Waals surface area contributed by atoms with Gasteiger partial charge in [0.1, 0.15) is 0 Å². The van der Waals surface area contributed by atoms with Gasteiger partial charge in [-0.25, -0.2) is 0 Å². The molecule has 1 N–H and O–H groups in total. The second kappa shape index (κ2) is 4.72. The second-order valence-corrected chi connectivity index (χ2v) is 4.90. The number of anilines is 1. The molecule has 0 spiro atoms. The summed E-state index contributed by atoms with van der Waals surface area (Å²) in [5, 5.41) is 15.6. The molecular formula is C14H12BClN2O. The normalized spacial score (nSPS) is 14.2. The summed E-state index contributed by atoms with van der Waals surface area (Å²) in [6.07, 6.45) is 0. The van der Waals surface area contributed by atoms with Gasteiger partial charge in [0.05, 0.1) is 5.71 Å². The van der Waals surface area contributed by atoms with Gasteiger partial charge in [-0.3, -0.25) is 4.92 Å². The Balaban J connectivity index is 2.06. The van der Waals surface area contributed by atoms with Crippen LogP contribution in [-0.4, -0.2) is 17.8 Å². The Morgan fingerprint density at radius 2 is 1.79 bits per heavy atom.